The van der Waals surface area contributed by atoms with Gasteiger partial charge in [0.15, 0.2) is 0 Å². The SMILES string of the molecule is NCC1CN(c2ccc([C@@H]3CCS[C@H](O)C3)c(F)c2)C(=O)O1. The Labute approximate surface area is 132 Å². The Bertz CT molecular complexity index is 572. The van der Waals surface area contributed by atoms with Gasteiger partial charge >= 0.3 is 6.09 Å². The number of ether oxygens (including phenoxy) is 1. The quantitative estimate of drug-likeness (QED) is 0.889. The van der Waals surface area contributed by atoms with Crippen LogP contribution in [0.15, 0.2) is 18.2 Å². The number of nitrogens with zero attached hydrogens (tertiary/aromatic N) is 1. The Morgan fingerprint density at radius 2 is 2.32 bits per heavy atom. The summed E-state index contributed by atoms with van der Waals surface area (Å²) in [5, 5.41) is 9.71. The van der Waals surface area contributed by atoms with Crippen molar-refractivity contribution < 1.29 is 19.0 Å². The summed E-state index contributed by atoms with van der Waals surface area (Å²) in [6.07, 6.45) is 0.564. The number of hydrogen-bond donors (Lipinski definition) is 2. The Morgan fingerprint density at radius 1 is 1.50 bits per heavy atom. The van der Waals surface area contributed by atoms with E-state index in [2.05, 4.69) is 0 Å². The number of cyclic esters (lactones) is 1. The van der Waals surface area contributed by atoms with Gasteiger partial charge in [0, 0.05) is 6.54 Å². The zero-order valence-corrected chi connectivity index (χ0v) is 12.9. The van der Waals surface area contributed by atoms with Crippen LogP contribution in [0.25, 0.3) is 0 Å². The average Bonchev–Trinajstić information content (AvgIpc) is 2.88. The van der Waals surface area contributed by atoms with E-state index in [1.54, 1.807) is 12.1 Å². The molecule has 3 N–H and O–H groups in total. The first-order chi connectivity index (χ1) is 10.6. The lowest BCUT2D eigenvalue weighted by atomic mass is 9.92. The zero-order chi connectivity index (χ0) is 15.7. The van der Waals surface area contributed by atoms with E-state index in [4.69, 9.17) is 10.5 Å². The van der Waals surface area contributed by atoms with Crippen LogP contribution in [0, 0.1) is 5.82 Å². The molecule has 1 amide bonds. The minimum Gasteiger partial charge on any atom is -0.443 e. The maximum atomic E-state index is 14.4. The van der Waals surface area contributed by atoms with Crippen LogP contribution in [0.2, 0.25) is 0 Å². The number of thioether (sulfide) groups is 1. The van der Waals surface area contributed by atoms with E-state index >= 15 is 0 Å². The molecule has 2 saturated heterocycles. The second-order valence-electron chi connectivity index (χ2n) is 5.60. The largest absolute Gasteiger partial charge is 0.443 e. The molecule has 0 radical (unpaired) electrons. The van der Waals surface area contributed by atoms with Crippen LogP contribution in [0.4, 0.5) is 14.9 Å². The summed E-state index contributed by atoms with van der Waals surface area (Å²) in [6.45, 7) is 0.591. The number of benzene rings is 1. The highest BCUT2D eigenvalue weighted by Crippen LogP contribution is 2.37. The van der Waals surface area contributed by atoms with Crippen molar-refractivity contribution in [2.45, 2.75) is 30.3 Å². The Hall–Kier alpha value is -1.31. The second kappa shape index (κ2) is 6.44. The number of aliphatic hydroxyl groups is 1. The first-order valence-electron chi connectivity index (χ1n) is 7.36. The van der Waals surface area contributed by atoms with Gasteiger partial charge in [0.1, 0.15) is 11.9 Å². The normalized spacial score (nSPS) is 28.8. The fraction of sp³-hybridized carbons (Fsp3) is 0.533. The molecule has 0 spiro atoms. The van der Waals surface area contributed by atoms with Gasteiger partial charge in [-0.1, -0.05) is 6.07 Å². The molecule has 120 valence electrons. The molecule has 1 unspecified atom stereocenters. The fourth-order valence-corrected chi connectivity index (χ4v) is 3.99. The lowest BCUT2D eigenvalue weighted by Gasteiger charge is -2.26. The third-order valence-corrected chi connectivity index (χ3v) is 5.18. The van der Waals surface area contributed by atoms with E-state index in [0.717, 1.165) is 12.2 Å². The molecular weight excluding hydrogens is 307 g/mol. The molecule has 5 nitrogen and oxygen atoms in total. The van der Waals surface area contributed by atoms with Crippen LogP contribution < -0.4 is 10.6 Å². The molecule has 2 aliphatic heterocycles. The minimum atomic E-state index is -0.493. The van der Waals surface area contributed by atoms with E-state index in [-0.39, 0.29) is 24.4 Å². The zero-order valence-electron chi connectivity index (χ0n) is 12.1. The number of anilines is 1. The Balaban J connectivity index is 1.79. The topological polar surface area (TPSA) is 75.8 Å². The van der Waals surface area contributed by atoms with Crippen molar-refractivity contribution in [1.29, 1.82) is 0 Å². The molecule has 1 aromatic rings. The summed E-state index contributed by atoms with van der Waals surface area (Å²) >= 11 is 1.50. The van der Waals surface area contributed by atoms with Crippen LogP contribution in [0.3, 0.4) is 0 Å². The van der Waals surface area contributed by atoms with Crippen LogP contribution >= 0.6 is 11.8 Å². The molecular formula is C15H19FN2O3S. The fourth-order valence-electron chi connectivity index (χ4n) is 2.93. The summed E-state index contributed by atoms with van der Waals surface area (Å²) in [5.41, 5.74) is 6.15. The van der Waals surface area contributed by atoms with E-state index in [1.807, 2.05) is 0 Å². The molecule has 0 bridgehead atoms. The van der Waals surface area contributed by atoms with Crippen LogP contribution in [0.5, 0.6) is 0 Å². The van der Waals surface area contributed by atoms with Gasteiger partial charge in [0.25, 0.3) is 0 Å². The van der Waals surface area contributed by atoms with Gasteiger partial charge < -0.3 is 15.6 Å². The molecule has 7 heteroatoms. The summed E-state index contributed by atoms with van der Waals surface area (Å²) in [7, 11) is 0. The van der Waals surface area contributed by atoms with Crippen molar-refractivity contribution >= 4 is 23.5 Å². The number of nitrogens with two attached hydrogens (primary N) is 1. The van der Waals surface area contributed by atoms with Crippen molar-refractivity contribution in [3.63, 3.8) is 0 Å². The van der Waals surface area contributed by atoms with Crippen molar-refractivity contribution in [3.05, 3.63) is 29.6 Å². The summed E-state index contributed by atoms with van der Waals surface area (Å²) in [6, 6.07) is 4.80. The summed E-state index contributed by atoms with van der Waals surface area (Å²) < 4.78 is 19.5. The minimum absolute atomic E-state index is 0.0209. The maximum absolute atomic E-state index is 14.4. The number of aliphatic hydroxyl groups excluding tert-OH is 1. The van der Waals surface area contributed by atoms with E-state index in [1.165, 1.54) is 22.7 Å². The van der Waals surface area contributed by atoms with E-state index < -0.39 is 11.5 Å². The van der Waals surface area contributed by atoms with Gasteiger partial charge in [-0.3, -0.25) is 4.90 Å². The number of amides is 1. The monoisotopic (exact) mass is 326 g/mol. The van der Waals surface area contributed by atoms with Crippen LogP contribution in [-0.4, -0.2) is 41.6 Å². The van der Waals surface area contributed by atoms with E-state index in [9.17, 15) is 14.3 Å². The highest BCUT2D eigenvalue weighted by Gasteiger charge is 2.32. The van der Waals surface area contributed by atoms with Crippen molar-refractivity contribution in [2.24, 2.45) is 5.73 Å². The van der Waals surface area contributed by atoms with Gasteiger partial charge in [-0.2, -0.15) is 0 Å². The molecule has 0 aliphatic carbocycles. The lowest BCUT2D eigenvalue weighted by Crippen LogP contribution is -2.27. The molecule has 3 rings (SSSR count). The molecule has 1 aromatic carbocycles. The second-order valence-corrected chi connectivity index (χ2v) is 6.89. The predicted octanol–water partition coefficient (Wildman–Crippen LogP) is 2.04. The number of carbonyl (C=O) groups excluding carboxylic acids is 1. The van der Waals surface area contributed by atoms with Crippen molar-refractivity contribution in [3.8, 4) is 0 Å². The highest BCUT2D eigenvalue weighted by atomic mass is 32.2. The Kier molecular flexibility index (Phi) is 4.56. The number of hydrogen-bond acceptors (Lipinski definition) is 5. The first kappa shape index (κ1) is 15.6. The van der Waals surface area contributed by atoms with Gasteiger partial charge in [-0.05, 0) is 42.2 Å². The molecule has 2 aliphatic rings. The maximum Gasteiger partial charge on any atom is 0.414 e. The number of carbonyl (C=O) groups is 1. The molecule has 22 heavy (non-hydrogen) atoms. The molecule has 2 heterocycles. The summed E-state index contributed by atoms with van der Waals surface area (Å²) in [4.78, 5) is 13.2. The Morgan fingerprint density at radius 3 is 2.95 bits per heavy atom. The lowest BCUT2D eigenvalue weighted by molar-refractivity contribution is 0.145. The molecule has 3 atom stereocenters. The molecule has 0 aromatic heterocycles. The highest BCUT2D eigenvalue weighted by molar-refractivity contribution is 7.99. The van der Waals surface area contributed by atoms with Gasteiger partial charge in [0.05, 0.1) is 17.7 Å². The van der Waals surface area contributed by atoms with Crippen LogP contribution in [-0.2, 0) is 4.74 Å². The number of rotatable bonds is 3. The molecule has 0 saturated carbocycles. The standard InChI is InChI=1S/C15H19FN2O3S/c16-13-6-10(18-8-11(7-17)21-15(18)20)1-2-12(13)9-3-4-22-14(19)5-9/h1-2,6,9,11,14,19H,3-5,7-8,17H2/t9-,11?,14+/m1/s1. The third kappa shape index (κ3) is 3.06. The smallest absolute Gasteiger partial charge is 0.414 e. The van der Waals surface area contributed by atoms with Crippen LogP contribution in [0.1, 0.15) is 24.3 Å². The predicted molar refractivity (Wildman–Crippen MR) is 83.5 cm³/mol. The van der Waals surface area contributed by atoms with Gasteiger partial charge in [-0.15, -0.1) is 11.8 Å². The van der Waals surface area contributed by atoms with Crippen molar-refractivity contribution in [2.75, 3.05) is 23.7 Å². The summed E-state index contributed by atoms with van der Waals surface area (Å²) in [5.74, 6) is 0.502. The average molecular weight is 326 g/mol. The van der Waals surface area contributed by atoms with Gasteiger partial charge in [-0.25, -0.2) is 9.18 Å². The number of halogens is 1. The van der Waals surface area contributed by atoms with E-state index in [0.29, 0.717) is 24.2 Å². The first-order valence-corrected chi connectivity index (χ1v) is 8.40. The van der Waals surface area contributed by atoms with Gasteiger partial charge in [0.2, 0.25) is 0 Å². The third-order valence-electron chi connectivity index (χ3n) is 4.14. The van der Waals surface area contributed by atoms with Crippen molar-refractivity contribution in [1.82, 2.24) is 0 Å². The molecule has 2 fully saturated rings.